The van der Waals surface area contributed by atoms with Crippen LogP contribution >= 0.6 is 15.9 Å². The number of methoxy groups -OCH3 is 1. The number of nitrogens with one attached hydrogen (secondary N) is 1. The molecular weight excluding hydrogens is 358 g/mol. The highest BCUT2D eigenvalue weighted by Crippen LogP contribution is 2.28. The molecule has 0 aliphatic carbocycles. The summed E-state index contributed by atoms with van der Waals surface area (Å²) < 4.78 is 28.4. The Balaban J connectivity index is 1.82. The van der Waals surface area contributed by atoms with Gasteiger partial charge in [0, 0.05) is 21.6 Å². The molecule has 2 aromatic carbocycles. The van der Waals surface area contributed by atoms with Crippen LogP contribution < -0.4 is 10.3 Å². The molecule has 2 aliphatic rings. The molecule has 2 aliphatic heterocycles. The molecule has 0 amide bonds. The van der Waals surface area contributed by atoms with E-state index in [2.05, 4.69) is 26.0 Å². The minimum Gasteiger partial charge on any atom is -0.497 e. The highest BCUT2D eigenvalue weighted by atomic mass is 79.9. The van der Waals surface area contributed by atoms with Crippen molar-refractivity contribution in [1.82, 2.24) is 14.8 Å². The number of benzene rings is 2. The summed E-state index contributed by atoms with van der Waals surface area (Å²) in [7, 11) is -2.52. The van der Waals surface area contributed by atoms with Gasteiger partial charge in [-0.05, 0) is 42.5 Å². The van der Waals surface area contributed by atoms with Crippen LogP contribution in [0, 0.1) is 0 Å². The first-order valence-corrected chi connectivity index (χ1v) is 7.60. The van der Waals surface area contributed by atoms with Crippen LogP contribution in [-0.4, -0.2) is 21.8 Å². The summed E-state index contributed by atoms with van der Waals surface area (Å²) in [5.74, 6) is 0.196. The Kier molecular flexibility index (Phi) is 2.51. The van der Waals surface area contributed by atoms with E-state index in [1.54, 1.807) is 18.3 Å². The zero-order valence-electron chi connectivity index (χ0n) is 14.7. The maximum Gasteiger partial charge on any atom is 0.282 e. The first kappa shape index (κ1) is 11.0. The molecule has 0 atom stereocenters. The van der Waals surface area contributed by atoms with Gasteiger partial charge < -0.3 is 9.72 Å². The fraction of sp³-hybridized carbons (Fsp3) is 0.0588. The van der Waals surface area contributed by atoms with E-state index in [4.69, 9.17) is 8.85 Å². The van der Waals surface area contributed by atoms with Crippen LogP contribution in [0.4, 0.5) is 0 Å². The normalized spacial score (nSPS) is 13.7. The Morgan fingerprint density at radius 3 is 2.87 bits per heavy atom. The maximum absolute atomic E-state index is 12.7. The number of hydrogen-bond donors (Lipinski definition) is 1. The van der Waals surface area contributed by atoms with E-state index in [0.29, 0.717) is 16.9 Å². The van der Waals surface area contributed by atoms with Gasteiger partial charge >= 0.3 is 0 Å². The van der Waals surface area contributed by atoms with Crippen molar-refractivity contribution in [2.75, 3.05) is 7.04 Å². The van der Waals surface area contributed by atoms with Crippen LogP contribution in [0.2, 0.25) is 0 Å². The molecule has 114 valence electrons. The average Bonchev–Trinajstić information content (AvgIpc) is 2.91. The molecular formula is C17H12BrN3O2. The molecule has 6 heteroatoms. The van der Waals surface area contributed by atoms with Gasteiger partial charge in [-0.3, -0.25) is 4.79 Å². The Labute approximate surface area is 144 Å². The highest BCUT2D eigenvalue weighted by Gasteiger charge is 2.18. The molecule has 0 aromatic heterocycles. The van der Waals surface area contributed by atoms with Crippen molar-refractivity contribution in [3.63, 3.8) is 0 Å². The fourth-order valence-electron chi connectivity index (χ4n) is 2.57. The van der Waals surface area contributed by atoms with E-state index in [1.165, 1.54) is 16.8 Å². The van der Waals surface area contributed by atoms with Crippen molar-refractivity contribution in [2.24, 2.45) is 0 Å². The molecule has 0 unspecified atom stereocenters. The standard InChI is InChI=1S/C17H12BrN3O2/c1-23-12-5-3-11(4-6-12)21-17(22)14-9-19-15-8-10(18)2-7-13(15)16(14)20-21/h2-9,19H,1H3/i1D3. The second-order valence-electron chi connectivity index (χ2n) is 5.05. The maximum atomic E-state index is 12.7. The molecule has 0 fully saturated rings. The number of aromatic nitrogens is 3. The summed E-state index contributed by atoms with van der Waals surface area (Å²) in [6, 6.07) is 11.9. The van der Waals surface area contributed by atoms with E-state index in [0.717, 1.165) is 15.4 Å². The number of H-pyrrole nitrogens is 1. The molecule has 5 nitrogen and oxygen atoms in total. The lowest BCUT2D eigenvalue weighted by atomic mass is 10.1. The van der Waals surface area contributed by atoms with Gasteiger partial charge in [0.05, 0.1) is 22.4 Å². The number of rotatable bonds is 2. The van der Waals surface area contributed by atoms with E-state index in [1.807, 2.05) is 18.2 Å². The van der Waals surface area contributed by atoms with Crippen LogP contribution in [0.3, 0.4) is 0 Å². The van der Waals surface area contributed by atoms with Gasteiger partial charge in [0.15, 0.2) is 0 Å². The summed E-state index contributed by atoms with van der Waals surface area (Å²) in [6.07, 6.45) is 1.64. The number of ether oxygens (including phenoxy) is 1. The predicted octanol–water partition coefficient (Wildman–Crippen LogP) is 3.59. The molecule has 0 bridgehead atoms. The van der Waals surface area contributed by atoms with Gasteiger partial charge in [-0.25, -0.2) is 0 Å². The first-order valence-electron chi connectivity index (χ1n) is 8.31. The number of halogens is 1. The monoisotopic (exact) mass is 372 g/mol. The van der Waals surface area contributed by atoms with Gasteiger partial charge in [0.25, 0.3) is 5.56 Å². The Hall–Kier alpha value is -2.60. The van der Waals surface area contributed by atoms with Gasteiger partial charge in [0.1, 0.15) is 11.4 Å². The summed E-state index contributed by atoms with van der Waals surface area (Å²) in [5.41, 5.74) is 2.19. The van der Waals surface area contributed by atoms with Gasteiger partial charge in [-0.15, -0.1) is 0 Å². The fourth-order valence-corrected chi connectivity index (χ4v) is 2.93. The summed E-state index contributed by atoms with van der Waals surface area (Å²) >= 11 is 3.42. The Morgan fingerprint density at radius 1 is 1.26 bits per heavy atom. The molecule has 2 aromatic rings. The summed E-state index contributed by atoms with van der Waals surface area (Å²) in [5, 5.41) is 5.30. The Morgan fingerprint density at radius 2 is 2.09 bits per heavy atom. The number of nitrogens with zero attached hydrogens (tertiary/aromatic N) is 2. The second-order valence-corrected chi connectivity index (χ2v) is 5.97. The zero-order valence-corrected chi connectivity index (χ0v) is 13.3. The smallest absolute Gasteiger partial charge is 0.282 e. The molecule has 4 rings (SSSR count). The molecule has 2 heterocycles. The van der Waals surface area contributed by atoms with Crippen molar-refractivity contribution < 1.29 is 8.85 Å². The van der Waals surface area contributed by atoms with Crippen LogP contribution in [0.25, 0.3) is 27.8 Å². The Bertz CT molecular complexity index is 1130. The molecule has 0 saturated carbocycles. The van der Waals surface area contributed by atoms with Crippen molar-refractivity contribution in [1.29, 1.82) is 0 Å². The van der Waals surface area contributed by atoms with E-state index in [-0.39, 0.29) is 11.3 Å². The van der Waals surface area contributed by atoms with E-state index < -0.39 is 7.04 Å². The first-order chi connectivity index (χ1) is 12.3. The van der Waals surface area contributed by atoms with Crippen LogP contribution in [0.15, 0.2) is 57.9 Å². The number of aromatic amines is 1. The summed E-state index contributed by atoms with van der Waals surface area (Å²) in [6.45, 7) is 0. The zero-order chi connectivity index (χ0) is 18.5. The molecule has 1 N–H and O–H groups in total. The van der Waals surface area contributed by atoms with Crippen molar-refractivity contribution in [3.05, 3.63) is 63.5 Å². The average molecular weight is 373 g/mol. The van der Waals surface area contributed by atoms with Gasteiger partial charge in [0.2, 0.25) is 0 Å². The van der Waals surface area contributed by atoms with Crippen LogP contribution in [-0.2, 0) is 0 Å². The quantitative estimate of drug-likeness (QED) is 0.584. The van der Waals surface area contributed by atoms with Crippen LogP contribution in [0.1, 0.15) is 4.11 Å². The molecule has 0 spiro atoms. The minimum atomic E-state index is -2.52. The van der Waals surface area contributed by atoms with Gasteiger partial charge in [-0.2, -0.15) is 9.78 Å². The molecule has 0 saturated heterocycles. The number of pyridine rings is 1. The summed E-state index contributed by atoms with van der Waals surface area (Å²) in [4.78, 5) is 15.8. The largest absolute Gasteiger partial charge is 0.497 e. The SMILES string of the molecule is [2H]C([2H])([2H])Oc1ccc(-n2nc3c4ccc(Br)cc4[nH]cc-3c2=O)cc1. The third-order valence-corrected chi connectivity index (χ3v) is 4.18. The second kappa shape index (κ2) is 5.24. The topological polar surface area (TPSA) is 59.9 Å². The lowest BCUT2D eigenvalue weighted by Gasteiger charge is -2.03. The lowest BCUT2D eigenvalue weighted by Crippen LogP contribution is -2.14. The third kappa shape index (κ3) is 2.22. The minimum absolute atomic E-state index is 0.196. The van der Waals surface area contributed by atoms with Crippen molar-refractivity contribution in [3.8, 4) is 22.7 Å². The van der Waals surface area contributed by atoms with E-state index >= 15 is 0 Å². The third-order valence-electron chi connectivity index (χ3n) is 3.69. The molecule has 0 radical (unpaired) electrons. The lowest BCUT2D eigenvalue weighted by molar-refractivity contribution is 0.414. The predicted molar refractivity (Wildman–Crippen MR) is 92.6 cm³/mol. The van der Waals surface area contributed by atoms with Gasteiger partial charge in [-0.1, -0.05) is 15.9 Å². The van der Waals surface area contributed by atoms with Crippen molar-refractivity contribution in [2.45, 2.75) is 0 Å². The highest BCUT2D eigenvalue weighted by molar-refractivity contribution is 9.10. The van der Waals surface area contributed by atoms with E-state index in [9.17, 15) is 4.79 Å². The number of fused-ring (bicyclic) bond motifs is 3. The van der Waals surface area contributed by atoms with Crippen LogP contribution in [0.5, 0.6) is 5.75 Å². The van der Waals surface area contributed by atoms with Crippen molar-refractivity contribution >= 4 is 26.8 Å². The molecule has 23 heavy (non-hydrogen) atoms. The number of hydrogen-bond acceptors (Lipinski definition) is 3.